The highest BCUT2D eigenvalue weighted by Crippen LogP contribution is 2.41. The minimum Gasteiger partial charge on any atom is -0.488 e. The SMILES string of the molecule is O=c1/c(=C\c2c(OCc3ccccc3F)ccc3ccccc23)sc2n1[C@H](c1ccc(Br)cc1)C1=C(N=2)c2ccccc2CC1. The van der Waals surface area contributed by atoms with Crippen LogP contribution in [-0.2, 0) is 13.0 Å². The van der Waals surface area contributed by atoms with Gasteiger partial charge in [-0.05, 0) is 70.7 Å². The Morgan fingerprint density at radius 1 is 0.911 bits per heavy atom. The molecule has 1 aromatic heterocycles. The number of halogens is 2. The Morgan fingerprint density at radius 3 is 2.56 bits per heavy atom. The summed E-state index contributed by atoms with van der Waals surface area (Å²) >= 11 is 4.96. The van der Waals surface area contributed by atoms with Crippen LogP contribution in [0.4, 0.5) is 4.39 Å². The molecular formula is C38H26BrFN2O2S. The second-order valence-corrected chi connectivity index (χ2v) is 13.2. The molecule has 1 aliphatic carbocycles. The Kier molecular flexibility index (Phi) is 7.07. The fraction of sp³-hybridized carbons (Fsp3) is 0.105. The van der Waals surface area contributed by atoms with Gasteiger partial charge in [0.05, 0.1) is 16.3 Å². The van der Waals surface area contributed by atoms with E-state index in [0.29, 0.717) is 20.6 Å². The number of aryl methyl sites for hydroxylation is 1. The van der Waals surface area contributed by atoms with Gasteiger partial charge in [0.15, 0.2) is 4.80 Å². The number of allylic oxidation sites excluding steroid dienone is 1. The maximum absolute atomic E-state index is 14.4. The fourth-order valence-corrected chi connectivity index (χ4v) is 7.67. The first-order valence-corrected chi connectivity index (χ1v) is 16.4. The van der Waals surface area contributed by atoms with E-state index in [-0.39, 0.29) is 24.0 Å². The number of hydrogen-bond donors (Lipinski definition) is 0. The normalized spacial score (nSPS) is 15.8. The van der Waals surface area contributed by atoms with Gasteiger partial charge in [-0.25, -0.2) is 9.38 Å². The summed E-state index contributed by atoms with van der Waals surface area (Å²) in [7, 11) is 0. The molecule has 1 atom stereocenters. The van der Waals surface area contributed by atoms with E-state index < -0.39 is 0 Å². The molecule has 2 heterocycles. The van der Waals surface area contributed by atoms with Crippen LogP contribution in [-0.4, -0.2) is 4.57 Å². The average molecular weight is 674 g/mol. The van der Waals surface area contributed by atoms with Crippen LogP contribution >= 0.6 is 27.3 Å². The molecule has 220 valence electrons. The number of thiazole rings is 1. The molecule has 0 saturated heterocycles. The van der Waals surface area contributed by atoms with Gasteiger partial charge < -0.3 is 4.74 Å². The van der Waals surface area contributed by atoms with Crippen LogP contribution in [0.15, 0.2) is 129 Å². The zero-order chi connectivity index (χ0) is 30.5. The molecule has 0 unspecified atom stereocenters. The van der Waals surface area contributed by atoms with E-state index in [2.05, 4.69) is 52.3 Å². The van der Waals surface area contributed by atoms with Crippen molar-refractivity contribution in [1.82, 2.24) is 4.57 Å². The van der Waals surface area contributed by atoms with E-state index in [0.717, 1.165) is 56.0 Å². The summed E-state index contributed by atoms with van der Waals surface area (Å²) in [6.45, 7) is 0.0722. The van der Waals surface area contributed by atoms with Crippen LogP contribution in [0.3, 0.4) is 0 Å². The molecule has 0 spiro atoms. The van der Waals surface area contributed by atoms with Gasteiger partial charge in [0.2, 0.25) is 0 Å². The van der Waals surface area contributed by atoms with Crippen molar-refractivity contribution in [3.05, 3.63) is 173 Å². The molecule has 2 aliphatic rings. The van der Waals surface area contributed by atoms with E-state index in [1.807, 2.05) is 59.2 Å². The summed E-state index contributed by atoms with van der Waals surface area (Å²) in [4.78, 5) is 20.2. The molecule has 5 aromatic carbocycles. The Bertz CT molecular complexity index is 2340. The molecule has 0 bridgehead atoms. The predicted octanol–water partition coefficient (Wildman–Crippen LogP) is 7.95. The van der Waals surface area contributed by atoms with Crippen LogP contribution in [0.25, 0.3) is 22.5 Å². The number of hydrogen-bond acceptors (Lipinski definition) is 4. The molecule has 8 rings (SSSR count). The van der Waals surface area contributed by atoms with Gasteiger partial charge in [-0.1, -0.05) is 112 Å². The lowest BCUT2D eigenvalue weighted by molar-refractivity contribution is 0.299. The van der Waals surface area contributed by atoms with Crippen molar-refractivity contribution < 1.29 is 9.13 Å². The molecule has 1 aliphatic heterocycles. The topological polar surface area (TPSA) is 43.6 Å². The maximum Gasteiger partial charge on any atom is 0.271 e. The maximum atomic E-state index is 14.4. The molecule has 0 N–H and O–H groups in total. The summed E-state index contributed by atoms with van der Waals surface area (Å²) < 4.78 is 24.1. The Morgan fingerprint density at radius 2 is 1.69 bits per heavy atom. The van der Waals surface area contributed by atoms with Crippen molar-refractivity contribution in [2.45, 2.75) is 25.5 Å². The van der Waals surface area contributed by atoms with E-state index in [9.17, 15) is 9.18 Å². The number of ether oxygens (including phenoxy) is 1. The van der Waals surface area contributed by atoms with Crippen molar-refractivity contribution >= 4 is 49.8 Å². The lowest BCUT2D eigenvalue weighted by atomic mass is 9.83. The van der Waals surface area contributed by atoms with Crippen molar-refractivity contribution in [3.63, 3.8) is 0 Å². The van der Waals surface area contributed by atoms with E-state index >= 15 is 0 Å². The molecule has 7 heteroatoms. The third kappa shape index (κ3) is 4.96. The highest BCUT2D eigenvalue weighted by Gasteiger charge is 2.32. The first-order valence-electron chi connectivity index (χ1n) is 14.8. The minimum absolute atomic E-state index is 0.0722. The number of benzene rings is 5. The number of aromatic nitrogens is 1. The van der Waals surface area contributed by atoms with Gasteiger partial charge in [-0.3, -0.25) is 9.36 Å². The average Bonchev–Trinajstić information content (AvgIpc) is 3.38. The van der Waals surface area contributed by atoms with E-state index in [1.54, 1.807) is 18.2 Å². The van der Waals surface area contributed by atoms with Crippen molar-refractivity contribution in [2.24, 2.45) is 4.99 Å². The fourth-order valence-electron chi connectivity index (χ4n) is 6.42. The van der Waals surface area contributed by atoms with E-state index in [1.165, 1.54) is 23.0 Å². The first kappa shape index (κ1) is 27.9. The monoisotopic (exact) mass is 672 g/mol. The van der Waals surface area contributed by atoms with Gasteiger partial charge in [-0.2, -0.15) is 0 Å². The third-order valence-corrected chi connectivity index (χ3v) is 10.1. The van der Waals surface area contributed by atoms with Crippen molar-refractivity contribution in [3.8, 4) is 5.75 Å². The molecule has 0 amide bonds. The predicted molar refractivity (Wildman–Crippen MR) is 182 cm³/mol. The zero-order valence-electron chi connectivity index (χ0n) is 24.0. The number of rotatable bonds is 5. The van der Waals surface area contributed by atoms with Crippen LogP contribution in [0.2, 0.25) is 0 Å². The van der Waals surface area contributed by atoms with Gasteiger partial charge in [0.25, 0.3) is 5.56 Å². The zero-order valence-corrected chi connectivity index (χ0v) is 26.4. The molecule has 0 saturated carbocycles. The van der Waals surface area contributed by atoms with E-state index in [4.69, 9.17) is 9.73 Å². The van der Waals surface area contributed by atoms with Gasteiger partial charge in [0, 0.05) is 21.2 Å². The van der Waals surface area contributed by atoms with Crippen LogP contribution < -0.4 is 19.6 Å². The van der Waals surface area contributed by atoms with Gasteiger partial charge in [-0.15, -0.1) is 0 Å². The number of fused-ring (bicyclic) bond motifs is 4. The second kappa shape index (κ2) is 11.4. The summed E-state index contributed by atoms with van der Waals surface area (Å²) in [6, 6.07) is 34.9. The second-order valence-electron chi connectivity index (χ2n) is 11.2. The molecule has 4 nitrogen and oxygen atoms in total. The van der Waals surface area contributed by atoms with Gasteiger partial charge in [0.1, 0.15) is 18.2 Å². The largest absolute Gasteiger partial charge is 0.488 e. The molecule has 0 fully saturated rings. The highest BCUT2D eigenvalue weighted by atomic mass is 79.9. The lowest BCUT2D eigenvalue weighted by Crippen LogP contribution is -2.38. The quantitative estimate of drug-likeness (QED) is 0.187. The summed E-state index contributed by atoms with van der Waals surface area (Å²) in [5.41, 5.74) is 6.75. The van der Waals surface area contributed by atoms with Crippen molar-refractivity contribution in [2.75, 3.05) is 0 Å². The summed E-state index contributed by atoms with van der Waals surface area (Å²) in [5.74, 6) is 0.270. The Labute approximate surface area is 271 Å². The van der Waals surface area contributed by atoms with Crippen molar-refractivity contribution in [1.29, 1.82) is 0 Å². The molecule has 45 heavy (non-hydrogen) atoms. The molecule has 6 aromatic rings. The van der Waals surface area contributed by atoms with Crippen LogP contribution in [0.1, 0.15) is 40.3 Å². The highest BCUT2D eigenvalue weighted by molar-refractivity contribution is 9.10. The van der Waals surface area contributed by atoms with Crippen LogP contribution in [0, 0.1) is 5.82 Å². The minimum atomic E-state index is -0.313. The molecular weight excluding hydrogens is 647 g/mol. The summed E-state index contributed by atoms with van der Waals surface area (Å²) in [6.07, 6.45) is 3.65. The van der Waals surface area contributed by atoms with Gasteiger partial charge >= 0.3 is 0 Å². The lowest BCUT2D eigenvalue weighted by Gasteiger charge is -2.30. The summed E-state index contributed by atoms with van der Waals surface area (Å²) in [5, 5.41) is 1.97. The first-order chi connectivity index (χ1) is 22.0. The Hall–Kier alpha value is -4.59. The third-order valence-electron chi connectivity index (χ3n) is 8.61. The number of nitrogens with zero attached hydrogens (tertiary/aromatic N) is 2. The molecule has 0 radical (unpaired) electrons. The smallest absolute Gasteiger partial charge is 0.271 e. The Balaban J connectivity index is 1.33. The van der Waals surface area contributed by atoms with Crippen LogP contribution in [0.5, 0.6) is 5.75 Å². The standard InChI is InChI=1S/C38H26BrFN2O2S/c39-27-17-13-25(14-18-27)36-30-19-15-24-8-2-5-11-29(24)35(30)41-38-42(36)37(43)34(45-38)21-31-28-10-4-1-7-23(28)16-20-33(31)44-22-26-9-3-6-12-32(26)40/h1-14,16-18,20-21,36H,15,19,22H2/b34-21+/t36-/m1/s1.